The van der Waals surface area contributed by atoms with Crippen LogP contribution < -0.4 is 0 Å². The van der Waals surface area contributed by atoms with Gasteiger partial charge in [0.05, 0.1) is 4.91 Å². The Kier molecular flexibility index (Phi) is 6.28. The first-order valence-corrected chi connectivity index (χ1v) is 9.72. The minimum Gasteiger partial charge on any atom is -0.396 e. The lowest BCUT2D eigenvalue weighted by molar-refractivity contribution is -0.139. The van der Waals surface area contributed by atoms with Crippen molar-refractivity contribution in [3.05, 3.63) is 40.6 Å². The van der Waals surface area contributed by atoms with Gasteiger partial charge >= 0.3 is 0 Å². The maximum atomic E-state index is 13.3. The average Bonchev–Trinajstić information content (AvgIpc) is 2.90. The van der Waals surface area contributed by atoms with E-state index in [9.17, 15) is 23.9 Å². The van der Waals surface area contributed by atoms with Crippen LogP contribution in [0.25, 0.3) is 6.08 Å². The summed E-state index contributed by atoms with van der Waals surface area (Å²) in [6.45, 7) is 0.248. The molecule has 6 nitrogen and oxygen atoms in total. The van der Waals surface area contributed by atoms with Crippen molar-refractivity contribution in [3.63, 3.8) is 0 Å². The fourth-order valence-corrected chi connectivity index (χ4v) is 4.23. The Hall–Kier alpha value is -2.19. The molecule has 0 bridgehead atoms. The maximum absolute atomic E-state index is 13.3. The molecule has 0 radical (unpaired) electrons. The summed E-state index contributed by atoms with van der Waals surface area (Å²) in [6, 6.07) is 5.66. The molecule has 0 aliphatic carbocycles. The lowest BCUT2D eigenvalue weighted by Gasteiger charge is -2.36. The summed E-state index contributed by atoms with van der Waals surface area (Å²) < 4.78 is 13.3. The summed E-state index contributed by atoms with van der Waals surface area (Å²) >= 11 is 0.748. The monoisotopic (exact) mass is 392 g/mol. The second-order valence-electron chi connectivity index (χ2n) is 6.57. The molecule has 0 aromatic heterocycles. The highest BCUT2D eigenvalue weighted by Crippen LogP contribution is 2.32. The van der Waals surface area contributed by atoms with Gasteiger partial charge in [-0.05, 0) is 61.2 Å². The second kappa shape index (κ2) is 8.67. The van der Waals surface area contributed by atoms with E-state index in [1.165, 1.54) is 24.3 Å². The van der Waals surface area contributed by atoms with Crippen LogP contribution in [-0.2, 0) is 9.59 Å². The van der Waals surface area contributed by atoms with Crippen molar-refractivity contribution in [1.29, 1.82) is 0 Å². The molecule has 0 spiro atoms. The fourth-order valence-electron chi connectivity index (χ4n) is 3.39. The van der Waals surface area contributed by atoms with Crippen molar-refractivity contribution in [3.8, 4) is 0 Å². The minimum absolute atomic E-state index is 0.00754. The standard InChI is InChI=1S/C19H21FN2O4S/c20-14-5-3-4-13(10-14)11-16-18(25)22(19(26)27-16)12-17(24)21-8-2-1-6-15(21)7-9-23/h3-5,10-11,15,23H,1-2,6-9,12H2/b16-11-/t15-/m1/s1. The van der Waals surface area contributed by atoms with Gasteiger partial charge in [-0.3, -0.25) is 19.3 Å². The number of thioether (sulfide) groups is 1. The molecule has 3 rings (SSSR count). The van der Waals surface area contributed by atoms with Gasteiger partial charge < -0.3 is 10.0 Å². The molecule has 1 atom stereocenters. The molecule has 2 saturated heterocycles. The van der Waals surface area contributed by atoms with Gasteiger partial charge in [0, 0.05) is 19.2 Å². The molecule has 1 aromatic rings. The topological polar surface area (TPSA) is 77.9 Å². The smallest absolute Gasteiger partial charge is 0.294 e. The summed E-state index contributed by atoms with van der Waals surface area (Å²) in [5, 5.41) is 8.68. The number of piperidine rings is 1. The minimum atomic E-state index is -0.543. The Balaban J connectivity index is 1.70. The van der Waals surface area contributed by atoms with Gasteiger partial charge in [0.1, 0.15) is 12.4 Å². The van der Waals surface area contributed by atoms with E-state index in [-0.39, 0.29) is 30.0 Å². The number of amides is 3. The van der Waals surface area contributed by atoms with Gasteiger partial charge in [0.2, 0.25) is 5.91 Å². The molecule has 2 aliphatic rings. The van der Waals surface area contributed by atoms with Crippen molar-refractivity contribution in [2.45, 2.75) is 31.7 Å². The van der Waals surface area contributed by atoms with Crippen LogP contribution in [-0.4, -0.2) is 57.7 Å². The predicted octanol–water partition coefficient (Wildman–Crippen LogP) is 2.63. The quantitative estimate of drug-likeness (QED) is 0.780. The van der Waals surface area contributed by atoms with E-state index in [0.717, 1.165) is 35.9 Å². The van der Waals surface area contributed by atoms with Crippen LogP contribution in [0.5, 0.6) is 0 Å². The number of aliphatic hydroxyl groups is 1. The summed E-state index contributed by atoms with van der Waals surface area (Å²) in [5.74, 6) is -1.26. The van der Waals surface area contributed by atoms with Gasteiger partial charge in [-0.2, -0.15) is 0 Å². The van der Waals surface area contributed by atoms with Crippen LogP contribution >= 0.6 is 11.8 Å². The Labute approximate surface area is 161 Å². The number of hydrogen-bond acceptors (Lipinski definition) is 5. The molecular weight excluding hydrogens is 371 g/mol. The Bertz CT molecular complexity index is 781. The van der Waals surface area contributed by atoms with Crippen LogP contribution in [0.3, 0.4) is 0 Å². The number of imide groups is 1. The zero-order valence-electron chi connectivity index (χ0n) is 14.8. The van der Waals surface area contributed by atoms with Gasteiger partial charge in [0.15, 0.2) is 0 Å². The molecule has 2 fully saturated rings. The second-order valence-corrected chi connectivity index (χ2v) is 7.57. The van der Waals surface area contributed by atoms with Crippen LogP contribution in [0.2, 0.25) is 0 Å². The lowest BCUT2D eigenvalue weighted by atomic mass is 9.99. The van der Waals surface area contributed by atoms with Crippen molar-refractivity contribution in [1.82, 2.24) is 9.80 Å². The molecule has 3 amide bonds. The summed E-state index contributed by atoms with van der Waals surface area (Å²) in [4.78, 5) is 40.2. The molecule has 0 saturated carbocycles. The molecular formula is C19H21FN2O4S. The van der Waals surface area contributed by atoms with E-state index in [1.54, 1.807) is 11.0 Å². The van der Waals surface area contributed by atoms with Crippen LogP contribution in [0, 0.1) is 5.82 Å². The fraction of sp³-hybridized carbons (Fsp3) is 0.421. The number of benzene rings is 1. The number of aliphatic hydroxyl groups excluding tert-OH is 1. The Morgan fingerprint density at radius 3 is 2.89 bits per heavy atom. The summed E-state index contributed by atoms with van der Waals surface area (Å²) in [7, 11) is 0. The number of halogens is 1. The average molecular weight is 392 g/mol. The Morgan fingerprint density at radius 2 is 2.15 bits per heavy atom. The number of nitrogens with zero attached hydrogens (tertiary/aromatic N) is 2. The van der Waals surface area contributed by atoms with Crippen LogP contribution in [0.4, 0.5) is 9.18 Å². The van der Waals surface area contributed by atoms with Gasteiger partial charge in [-0.15, -0.1) is 0 Å². The summed E-state index contributed by atoms with van der Waals surface area (Å²) in [5.41, 5.74) is 0.478. The van der Waals surface area contributed by atoms with Gasteiger partial charge in [-0.1, -0.05) is 12.1 Å². The predicted molar refractivity (Wildman–Crippen MR) is 100 cm³/mol. The van der Waals surface area contributed by atoms with Gasteiger partial charge in [0.25, 0.3) is 11.1 Å². The number of hydrogen-bond donors (Lipinski definition) is 1. The van der Waals surface area contributed by atoms with E-state index in [4.69, 9.17) is 0 Å². The largest absolute Gasteiger partial charge is 0.396 e. The van der Waals surface area contributed by atoms with E-state index in [1.807, 2.05) is 0 Å². The van der Waals surface area contributed by atoms with E-state index >= 15 is 0 Å². The third-order valence-corrected chi connectivity index (χ3v) is 5.63. The molecule has 27 heavy (non-hydrogen) atoms. The van der Waals surface area contributed by atoms with Crippen molar-refractivity contribution >= 4 is 34.9 Å². The van der Waals surface area contributed by atoms with Crippen LogP contribution in [0.15, 0.2) is 29.2 Å². The highest BCUT2D eigenvalue weighted by atomic mass is 32.2. The van der Waals surface area contributed by atoms with E-state index < -0.39 is 17.0 Å². The lowest BCUT2D eigenvalue weighted by Crippen LogP contribution is -2.49. The van der Waals surface area contributed by atoms with Crippen molar-refractivity contribution in [2.24, 2.45) is 0 Å². The number of carbonyl (C=O) groups excluding carboxylic acids is 3. The highest BCUT2D eigenvalue weighted by Gasteiger charge is 2.38. The molecule has 1 aromatic carbocycles. The van der Waals surface area contributed by atoms with E-state index in [0.29, 0.717) is 18.5 Å². The third kappa shape index (κ3) is 4.56. The molecule has 8 heteroatoms. The highest BCUT2D eigenvalue weighted by molar-refractivity contribution is 8.18. The molecule has 1 N–H and O–H groups in total. The number of likely N-dealkylation sites (tertiary alicyclic amines) is 1. The van der Waals surface area contributed by atoms with Crippen molar-refractivity contribution < 1.29 is 23.9 Å². The van der Waals surface area contributed by atoms with E-state index in [2.05, 4.69) is 0 Å². The molecule has 2 heterocycles. The molecule has 144 valence electrons. The van der Waals surface area contributed by atoms with Gasteiger partial charge in [-0.25, -0.2) is 4.39 Å². The first-order valence-electron chi connectivity index (χ1n) is 8.91. The molecule has 2 aliphatic heterocycles. The first kappa shape index (κ1) is 19.6. The summed E-state index contributed by atoms with van der Waals surface area (Å²) in [6.07, 6.45) is 4.62. The molecule has 0 unspecified atom stereocenters. The van der Waals surface area contributed by atoms with Crippen molar-refractivity contribution in [2.75, 3.05) is 19.7 Å². The zero-order valence-corrected chi connectivity index (χ0v) is 15.6. The Morgan fingerprint density at radius 1 is 1.33 bits per heavy atom. The number of rotatable bonds is 5. The zero-order chi connectivity index (χ0) is 19.4. The number of carbonyl (C=O) groups is 3. The SMILES string of the molecule is O=C1S/C(=C\c2cccc(F)c2)C(=O)N1CC(=O)N1CCCC[C@@H]1CCO. The first-order chi connectivity index (χ1) is 13.0. The van der Waals surface area contributed by atoms with Crippen LogP contribution in [0.1, 0.15) is 31.2 Å². The third-order valence-electron chi connectivity index (χ3n) is 4.72. The normalized spacial score (nSPS) is 22.0. The maximum Gasteiger partial charge on any atom is 0.294 e.